The summed E-state index contributed by atoms with van der Waals surface area (Å²) in [6.45, 7) is 2.17. The van der Waals surface area contributed by atoms with Gasteiger partial charge in [0.25, 0.3) is 5.91 Å². The van der Waals surface area contributed by atoms with Crippen molar-refractivity contribution < 1.29 is 4.79 Å². The highest BCUT2D eigenvalue weighted by atomic mass is 32.1. The molecule has 6 heteroatoms. The number of anilines is 1. The number of carbonyl (C=O) groups is 1. The molecule has 3 rings (SSSR count). The Bertz CT molecular complexity index is 811. The molecule has 0 aliphatic carbocycles. The van der Waals surface area contributed by atoms with Crippen molar-refractivity contribution in [1.29, 1.82) is 0 Å². The van der Waals surface area contributed by atoms with Crippen LogP contribution in [-0.2, 0) is 4.79 Å². The summed E-state index contributed by atoms with van der Waals surface area (Å²) >= 11 is 1.52. The van der Waals surface area contributed by atoms with Crippen LogP contribution in [0.3, 0.4) is 0 Å². The molecule has 0 saturated carbocycles. The molecular weight excluding hydrogens is 320 g/mol. The second-order valence-electron chi connectivity index (χ2n) is 5.35. The third kappa shape index (κ3) is 4.17. The van der Waals surface area contributed by atoms with Gasteiger partial charge in [0.1, 0.15) is 0 Å². The predicted molar refractivity (Wildman–Crippen MR) is 99.6 cm³/mol. The van der Waals surface area contributed by atoms with E-state index in [4.69, 9.17) is 0 Å². The van der Waals surface area contributed by atoms with E-state index in [0.717, 1.165) is 20.9 Å². The van der Waals surface area contributed by atoms with Crippen LogP contribution in [0.5, 0.6) is 0 Å². The van der Waals surface area contributed by atoms with Crippen molar-refractivity contribution in [2.75, 3.05) is 11.9 Å². The number of benzene rings is 2. The summed E-state index contributed by atoms with van der Waals surface area (Å²) in [4.78, 5) is 16.3. The number of thiazole rings is 1. The SMILES string of the molecule is C[C@@H](/C=N\NC(=O)CNc1nc2ccccc2s1)c1ccccc1. The lowest BCUT2D eigenvalue weighted by Gasteiger charge is -2.05. The zero-order valence-electron chi connectivity index (χ0n) is 13.3. The van der Waals surface area contributed by atoms with Crippen molar-refractivity contribution in [3.8, 4) is 0 Å². The first-order chi connectivity index (χ1) is 11.7. The molecule has 24 heavy (non-hydrogen) atoms. The quantitative estimate of drug-likeness (QED) is 0.533. The van der Waals surface area contributed by atoms with Gasteiger partial charge in [-0.25, -0.2) is 10.4 Å². The second kappa shape index (κ2) is 7.70. The van der Waals surface area contributed by atoms with Crippen molar-refractivity contribution in [1.82, 2.24) is 10.4 Å². The summed E-state index contributed by atoms with van der Waals surface area (Å²) in [5.41, 5.74) is 4.62. The van der Waals surface area contributed by atoms with Crippen LogP contribution in [0.2, 0.25) is 0 Å². The Kier molecular flexibility index (Phi) is 5.18. The van der Waals surface area contributed by atoms with Gasteiger partial charge in [-0.3, -0.25) is 4.79 Å². The van der Waals surface area contributed by atoms with Gasteiger partial charge in [-0.1, -0.05) is 60.7 Å². The van der Waals surface area contributed by atoms with E-state index in [1.54, 1.807) is 6.21 Å². The summed E-state index contributed by atoms with van der Waals surface area (Å²) in [6, 6.07) is 17.9. The van der Waals surface area contributed by atoms with Gasteiger partial charge in [0, 0.05) is 12.1 Å². The molecule has 2 aromatic carbocycles. The van der Waals surface area contributed by atoms with Gasteiger partial charge in [0.15, 0.2) is 5.13 Å². The summed E-state index contributed by atoms with van der Waals surface area (Å²) < 4.78 is 1.09. The number of aromatic nitrogens is 1. The molecule has 0 radical (unpaired) electrons. The van der Waals surface area contributed by atoms with Gasteiger partial charge in [0.2, 0.25) is 0 Å². The molecule has 0 bridgehead atoms. The molecule has 0 aliphatic rings. The maximum atomic E-state index is 11.8. The normalized spacial score (nSPS) is 12.4. The van der Waals surface area contributed by atoms with E-state index in [1.165, 1.54) is 11.3 Å². The van der Waals surface area contributed by atoms with Crippen molar-refractivity contribution in [2.45, 2.75) is 12.8 Å². The standard InChI is InChI=1S/C18H18N4OS/c1-13(14-7-3-2-4-8-14)11-20-22-17(23)12-19-18-21-15-9-5-6-10-16(15)24-18/h2-11,13H,12H2,1H3,(H,19,21)(H,22,23)/b20-11-/t13-/m0/s1. The fraction of sp³-hybridized carbons (Fsp3) is 0.167. The van der Waals surface area contributed by atoms with Crippen molar-refractivity contribution in [3.63, 3.8) is 0 Å². The molecular formula is C18H18N4OS. The van der Waals surface area contributed by atoms with Crippen LogP contribution in [0, 0.1) is 0 Å². The van der Waals surface area contributed by atoms with Crippen LogP contribution in [0.1, 0.15) is 18.4 Å². The largest absolute Gasteiger partial charge is 0.352 e. The lowest BCUT2D eigenvalue weighted by Crippen LogP contribution is -2.26. The summed E-state index contributed by atoms with van der Waals surface area (Å²) in [6.07, 6.45) is 1.73. The molecule has 3 aromatic rings. The Labute approximate surface area is 144 Å². The smallest absolute Gasteiger partial charge is 0.259 e. The monoisotopic (exact) mass is 338 g/mol. The average molecular weight is 338 g/mol. The van der Waals surface area contributed by atoms with E-state index in [-0.39, 0.29) is 18.4 Å². The van der Waals surface area contributed by atoms with Gasteiger partial charge >= 0.3 is 0 Å². The molecule has 0 saturated heterocycles. The first kappa shape index (κ1) is 16.1. The molecule has 0 spiro atoms. The molecule has 0 fully saturated rings. The van der Waals surface area contributed by atoms with Crippen molar-refractivity contribution in [3.05, 3.63) is 60.2 Å². The molecule has 1 amide bonds. The zero-order chi connectivity index (χ0) is 16.8. The summed E-state index contributed by atoms with van der Waals surface area (Å²) in [5.74, 6) is -0.0607. The number of para-hydroxylation sites is 1. The van der Waals surface area contributed by atoms with Crippen LogP contribution in [0.15, 0.2) is 59.7 Å². The number of nitrogens with zero attached hydrogens (tertiary/aromatic N) is 2. The Morgan fingerprint density at radius 1 is 1.21 bits per heavy atom. The molecule has 0 aliphatic heterocycles. The molecule has 1 atom stereocenters. The van der Waals surface area contributed by atoms with Gasteiger partial charge in [-0.15, -0.1) is 0 Å². The number of hydrogen-bond acceptors (Lipinski definition) is 5. The minimum atomic E-state index is -0.203. The van der Waals surface area contributed by atoms with Crippen LogP contribution < -0.4 is 10.7 Å². The first-order valence-electron chi connectivity index (χ1n) is 7.69. The van der Waals surface area contributed by atoms with Crippen LogP contribution in [0.4, 0.5) is 5.13 Å². The van der Waals surface area contributed by atoms with E-state index in [2.05, 4.69) is 20.8 Å². The van der Waals surface area contributed by atoms with E-state index in [0.29, 0.717) is 0 Å². The van der Waals surface area contributed by atoms with Crippen molar-refractivity contribution >= 4 is 38.8 Å². The highest BCUT2D eigenvalue weighted by Gasteiger charge is 2.05. The highest BCUT2D eigenvalue weighted by molar-refractivity contribution is 7.22. The Hall–Kier alpha value is -2.73. The van der Waals surface area contributed by atoms with Gasteiger partial charge in [0.05, 0.1) is 16.8 Å². The molecule has 122 valence electrons. The third-order valence-electron chi connectivity index (χ3n) is 3.51. The number of hydrazone groups is 1. The fourth-order valence-electron chi connectivity index (χ4n) is 2.21. The molecule has 0 unspecified atom stereocenters. The number of amides is 1. The number of rotatable bonds is 6. The predicted octanol–water partition coefficient (Wildman–Crippen LogP) is 3.61. The van der Waals surface area contributed by atoms with Crippen LogP contribution in [0.25, 0.3) is 10.2 Å². The summed E-state index contributed by atoms with van der Waals surface area (Å²) in [5, 5.41) is 7.78. The Balaban J connectivity index is 1.48. The van der Waals surface area contributed by atoms with Gasteiger partial charge < -0.3 is 5.32 Å². The Morgan fingerprint density at radius 3 is 2.75 bits per heavy atom. The average Bonchev–Trinajstić information content (AvgIpc) is 3.03. The molecule has 2 N–H and O–H groups in total. The Morgan fingerprint density at radius 2 is 1.96 bits per heavy atom. The van der Waals surface area contributed by atoms with E-state index in [9.17, 15) is 4.79 Å². The number of nitrogens with one attached hydrogen (secondary N) is 2. The van der Waals surface area contributed by atoms with E-state index in [1.807, 2.05) is 61.5 Å². The number of hydrogen-bond donors (Lipinski definition) is 2. The molecule has 5 nitrogen and oxygen atoms in total. The van der Waals surface area contributed by atoms with Crippen molar-refractivity contribution in [2.24, 2.45) is 5.10 Å². The molecule has 1 heterocycles. The zero-order valence-corrected chi connectivity index (χ0v) is 14.1. The van der Waals surface area contributed by atoms with E-state index < -0.39 is 0 Å². The lowest BCUT2D eigenvalue weighted by molar-refractivity contribution is -0.119. The maximum absolute atomic E-state index is 11.8. The highest BCUT2D eigenvalue weighted by Crippen LogP contribution is 2.24. The second-order valence-corrected chi connectivity index (χ2v) is 6.38. The topological polar surface area (TPSA) is 66.4 Å². The minimum Gasteiger partial charge on any atom is -0.352 e. The van der Waals surface area contributed by atoms with Gasteiger partial charge in [-0.05, 0) is 17.7 Å². The fourth-order valence-corrected chi connectivity index (χ4v) is 3.07. The number of fused-ring (bicyclic) bond motifs is 1. The third-order valence-corrected chi connectivity index (χ3v) is 4.50. The first-order valence-corrected chi connectivity index (χ1v) is 8.50. The van der Waals surface area contributed by atoms with Crippen LogP contribution >= 0.6 is 11.3 Å². The maximum Gasteiger partial charge on any atom is 0.259 e. The lowest BCUT2D eigenvalue weighted by atomic mass is 10.0. The molecule has 1 aromatic heterocycles. The summed E-state index contributed by atoms with van der Waals surface area (Å²) in [7, 11) is 0. The number of carbonyl (C=O) groups excluding carboxylic acids is 1. The van der Waals surface area contributed by atoms with Crippen LogP contribution in [-0.4, -0.2) is 23.7 Å². The van der Waals surface area contributed by atoms with Gasteiger partial charge in [-0.2, -0.15) is 5.10 Å². The van der Waals surface area contributed by atoms with E-state index >= 15 is 0 Å². The minimum absolute atomic E-state index is 0.136.